The zero-order valence-electron chi connectivity index (χ0n) is 20.0. The predicted molar refractivity (Wildman–Crippen MR) is 137 cm³/mol. The Bertz CT molecular complexity index is 1190. The van der Waals surface area contributed by atoms with Crippen molar-refractivity contribution in [3.63, 3.8) is 0 Å². The molecule has 1 fully saturated rings. The van der Waals surface area contributed by atoms with E-state index >= 15 is 0 Å². The summed E-state index contributed by atoms with van der Waals surface area (Å²) in [5.74, 6) is 0. The highest BCUT2D eigenvalue weighted by atomic mass is 32.2. The highest BCUT2D eigenvalue weighted by molar-refractivity contribution is 7.89. The molecule has 3 aromatic rings. The molecule has 0 spiro atoms. The molecule has 176 valence electrons. The molecule has 2 aromatic carbocycles. The number of nitrogens with zero attached hydrogens (tertiary/aromatic N) is 3. The number of rotatable bonds is 7. The summed E-state index contributed by atoms with van der Waals surface area (Å²) in [6.07, 6.45) is 3.10. The van der Waals surface area contributed by atoms with Gasteiger partial charge in [0.15, 0.2) is 5.13 Å². The van der Waals surface area contributed by atoms with E-state index < -0.39 is 10.0 Å². The van der Waals surface area contributed by atoms with Crippen molar-refractivity contribution in [2.24, 2.45) is 0 Å². The minimum atomic E-state index is -3.50. The lowest BCUT2D eigenvalue weighted by atomic mass is 10.1. The molecule has 0 aliphatic carbocycles. The van der Waals surface area contributed by atoms with Crippen LogP contribution in [0.15, 0.2) is 46.7 Å². The molecule has 5 nitrogen and oxygen atoms in total. The first kappa shape index (κ1) is 23.9. The van der Waals surface area contributed by atoms with Crippen LogP contribution >= 0.6 is 11.3 Å². The molecule has 1 saturated heterocycles. The van der Waals surface area contributed by atoms with E-state index in [1.165, 1.54) is 11.1 Å². The predicted octanol–water partition coefficient (Wildman–Crippen LogP) is 5.12. The van der Waals surface area contributed by atoms with Crippen molar-refractivity contribution < 1.29 is 8.42 Å². The van der Waals surface area contributed by atoms with Crippen LogP contribution in [0.2, 0.25) is 0 Å². The Morgan fingerprint density at radius 3 is 2.15 bits per heavy atom. The zero-order valence-corrected chi connectivity index (χ0v) is 21.6. The number of thiazole rings is 1. The SMILES string of the molecule is CCCc1ccc(Cc2csc(N3CCN(S(=O)(=O)c4c(C)cc(C)cc4C)CC3)n2)cc1. The molecule has 0 unspecified atom stereocenters. The number of piperazine rings is 1. The smallest absolute Gasteiger partial charge is 0.243 e. The molecule has 0 radical (unpaired) electrons. The molecule has 4 rings (SSSR count). The molecule has 0 N–H and O–H groups in total. The Labute approximate surface area is 202 Å². The van der Waals surface area contributed by atoms with Gasteiger partial charge in [0.05, 0.1) is 10.6 Å². The van der Waals surface area contributed by atoms with Crippen LogP contribution in [0.5, 0.6) is 0 Å². The first-order valence-corrected chi connectivity index (χ1v) is 13.9. The number of sulfonamides is 1. The summed E-state index contributed by atoms with van der Waals surface area (Å²) in [6, 6.07) is 12.7. The van der Waals surface area contributed by atoms with Crippen LogP contribution in [0.25, 0.3) is 0 Å². The van der Waals surface area contributed by atoms with Gasteiger partial charge >= 0.3 is 0 Å². The van der Waals surface area contributed by atoms with Crippen molar-refractivity contribution in [1.29, 1.82) is 0 Å². The quantitative estimate of drug-likeness (QED) is 0.468. The average Bonchev–Trinajstić information content (AvgIpc) is 3.23. The number of benzene rings is 2. The van der Waals surface area contributed by atoms with Crippen molar-refractivity contribution >= 4 is 26.5 Å². The number of aryl methyl sites for hydroxylation is 4. The Kier molecular flexibility index (Phi) is 7.22. The first-order chi connectivity index (χ1) is 15.8. The summed E-state index contributed by atoms with van der Waals surface area (Å²) in [5.41, 5.74) is 6.45. The van der Waals surface area contributed by atoms with E-state index in [0.717, 1.165) is 46.8 Å². The van der Waals surface area contributed by atoms with Crippen molar-refractivity contribution in [3.05, 3.63) is 75.3 Å². The standard InChI is InChI=1S/C26H33N3O2S2/c1-5-6-22-7-9-23(10-8-22)17-24-18-32-26(27-24)28-11-13-29(14-12-28)33(30,31)25-20(3)15-19(2)16-21(25)4/h7-10,15-16,18H,5-6,11-14,17H2,1-4H3. The first-order valence-electron chi connectivity index (χ1n) is 11.6. The third kappa shape index (κ3) is 5.31. The summed E-state index contributed by atoms with van der Waals surface area (Å²) >= 11 is 1.65. The van der Waals surface area contributed by atoms with Crippen molar-refractivity contribution in [2.45, 2.75) is 51.9 Å². The van der Waals surface area contributed by atoms with Gasteiger partial charge in [-0.1, -0.05) is 55.3 Å². The lowest BCUT2D eigenvalue weighted by Crippen LogP contribution is -2.48. The van der Waals surface area contributed by atoms with Gasteiger partial charge in [0, 0.05) is 38.0 Å². The van der Waals surface area contributed by atoms with E-state index in [-0.39, 0.29) is 0 Å². The number of hydrogen-bond donors (Lipinski definition) is 0. The average molecular weight is 484 g/mol. The Hall–Kier alpha value is -2.22. The third-order valence-electron chi connectivity index (χ3n) is 6.20. The maximum absolute atomic E-state index is 13.4. The van der Waals surface area contributed by atoms with Gasteiger partial charge in [-0.3, -0.25) is 0 Å². The molecule has 0 amide bonds. The van der Waals surface area contributed by atoms with E-state index in [1.54, 1.807) is 15.6 Å². The van der Waals surface area contributed by atoms with Gasteiger partial charge in [0.2, 0.25) is 10.0 Å². The monoisotopic (exact) mass is 483 g/mol. The molecule has 2 heterocycles. The van der Waals surface area contributed by atoms with Gasteiger partial charge in [-0.05, 0) is 49.4 Å². The van der Waals surface area contributed by atoms with Crippen LogP contribution in [-0.4, -0.2) is 43.9 Å². The maximum Gasteiger partial charge on any atom is 0.243 e. The Morgan fingerprint density at radius 1 is 0.939 bits per heavy atom. The van der Waals surface area contributed by atoms with Gasteiger partial charge in [-0.15, -0.1) is 11.3 Å². The van der Waals surface area contributed by atoms with E-state index in [0.29, 0.717) is 31.1 Å². The maximum atomic E-state index is 13.4. The highest BCUT2D eigenvalue weighted by Gasteiger charge is 2.31. The van der Waals surface area contributed by atoms with Gasteiger partial charge in [0.25, 0.3) is 0 Å². The van der Waals surface area contributed by atoms with Crippen molar-refractivity contribution in [2.75, 3.05) is 31.1 Å². The second kappa shape index (κ2) is 9.95. The van der Waals surface area contributed by atoms with Crippen LogP contribution in [0.3, 0.4) is 0 Å². The lowest BCUT2D eigenvalue weighted by Gasteiger charge is -2.34. The van der Waals surface area contributed by atoms with E-state index in [2.05, 4.69) is 41.5 Å². The van der Waals surface area contributed by atoms with E-state index in [9.17, 15) is 8.42 Å². The Balaban J connectivity index is 1.40. The number of hydrogen-bond acceptors (Lipinski definition) is 5. The molecule has 0 atom stereocenters. The largest absolute Gasteiger partial charge is 0.345 e. The van der Waals surface area contributed by atoms with Crippen molar-refractivity contribution in [1.82, 2.24) is 9.29 Å². The van der Waals surface area contributed by atoms with E-state index in [4.69, 9.17) is 4.98 Å². The van der Waals surface area contributed by atoms with Crippen molar-refractivity contribution in [3.8, 4) is 0 Å². The summed E-state index contributed by atoms with van der Waals surface area (Å²) in [5, 5.41) is 3.10. The number of aromatic nitrogens is 1. The number of anilines is 1. The van der Waals surface area contributed by atoms with Gasteiger partial charge in [0.1, 0.15) is 0 Å². The lowest BCUT2D eigenvalue weighted by molar-refractivity contribution is 0.384. The fourth-order valence-corrected chi connectivity index (χ4v) is 7.38. The van der Waals surface area contributed by atoms with Crippen LogP contribution in [0, 0.1) is 20.8 Å². The second-order valence-electron chi connectivity index (χ2n) is 8.98. The Morgan fingerprint density at radius 2 is 1.55 bits per heavy atom. The molecule has 1 aromatic heterocycles. The fraction of sp³-hybridized carbons (Fsp3) is 0.423. The van der Waals surface area contributed by atoms with Crippen LogP contribution in [-0.2, 0) is 22.9 Å². The second-order valence-corrected chi connectivity index (χ2v) is 11.7. The molecular weight excluding hydrogens is 450 g/mol. The highest BCUT2D eigenvalue weighted by Crippen LogP contribution is 2.28. The van der Waals surface area contributed by atoms with Crippen LogP contribution in [0.4, 0.5) is 5.13 Å². The van der Waals surface area contributed by atoms with Gasteiger partial charge in [-0.25, -0.2) is 13.4 Å². The molecule has 1 aliphatic rings. The molecule has 0 saturated carbocycles. The van der Waals surface area contributed by atoms with Gasteiger partial charge in [-0.2, -0.15) is 4.31 Å². The molecule has 33 heavy (non-hydrogen) atoms. The normalized spacial score (nSPS) is 15.2. The zero-order chi connectivity index (χ0) is 23.6. The summed E-state index contributed by atoms with van der Waals surface area (Å²) in [7, 11) is -3.50. The van der Waals surface area contributed by atoms with Gasteiger partial charge < -0.3 is 4.90 Å². The molecule has 1 aliphatic heterocycles. The topological polar surface area (TPSA) is 53.5 Å². The minimum Gasteiger partial charge on any atom is -0.345 e. The van der Waals surface area contributed by atoms with Crippen LogP contribution < -0.4 is 4.90 Å². The third-order valence-corrected chi connectivity index (χ3v) is 9.35. The summed E-state index contributed by atoms with van der Waals surface area (Å²) in [6.45, 7) is 10.2. The minimum absolute atomic E-state index is 0.461. The molecular formula is C26H33N3O2S2. The summed E-state index contributed by atoms with van der Waals surface area (Å²) in [4.78, 5) is 7.52. The molecule has 0 bridgehead atoms. The fourth-order valence-electron chi connectivity index (χ4n) is 4.67. The summed E-state index contributed by atoms with van der Waals surface area (Å²) < 4.78 is 28.3. The van der Waals surface area contributed by atoms with Crippen LogP contribution in [0.1, 0.15) is 46.9 Å². The van der Waals surface area contributed by atoms with E-state index in [1.807, 2.05) is 32.9 Å². The molecule has 7 heteroatoms.